The topological polar surface area (TPSA) is 55.4 Å². The Morgan fingerprint density at radius 3 is 2.76 bits per heavy atom. The van der Waals surface area contributed by atoms with Crippen molar-refractivity contribution < 1.29 is 14.3 Å². The predicted molar refractivity (Wildman–Crippen MR) is 67.6 cm³/mol. The average Bonchev–Trinajstić information content (AvgIpc) is 2.34. The van der Waals surface area contributed by atoms with Crippen LogP contribution in [0.3, 0.4) is 0 Å². The molecule has 0 aliphatic rings. The first-order valence-electron chi connectivity index (χ1n) is 4.94. The molecule has 0 aliphatic carbocycles. The van der Waals surface area contributed by atoms with Gasteiger partial charge in [0.25, 0.3) is 5.91 Å². The molecule has 5 heteroatoms. The van der Waals surface area contributed by atoms with Crippen LogP contribution < -0.4 is 5.32 Å². The normalized spacial score (nSPS) is 9.47. The van der Waals surface area contributed by atoms with E-state index in [4.69, 9.17) is 4.74 Å². The van der Waals surface area contributed by atoms with Gasteiger partial charge in [0, 0.05) is 4.47 Å². The lowest BCUT2D eigenvalue weighted by Gasteiger charge is -2.06. The second-order valence-electron chi connectivity index (χ2n) is 3.13. The van der Waals surface area contributed by atoms with Crippen molar-refractivity contribution in [2.24, 2.45) is 0 Å². The van der Waals surface area contributed by atoms with Gasteiger partial charge in [0.2, 0.25) is 0 Å². The maximum absolute atomic E-state index is 11.7. The number of rotatable bonds is 5. The van der Waals surface area contributed by atoms with E-state index in [-0.39, 0.29) is 19.1 Å². The maximum atomic E-state index is 11.7. The fourth-order valence-electron chi connectivity index (χ4n) is 1.10. The van der Waals surface area contributed by atoms with Crippen LogP contribution in [0.15, 0.2) is 41.4 Å². The molecule has 0 spiro atoms. The lowest BCUT2D eigenvalue weighted by Crippen LogP contribution is -2.30. The summed E-state index contributed by atoms with van der Waals surface area (Å²) in [6.45, 7) is 3.40. The maximum Gasteiger partial charge on any atom is 0.325 e. The minimum atomic E-state index is -0.495. The largest absolute Gasteiger partial charge is 0.460 e. The van der Waals surface area contributed by atoms with Crippen molar-refractivity contribution in [2.75, 3.05) is 13.2 Å². The quantitative estimate of drug-likeness (QED) is 0.667. The van der Waals surface area contributed by atoms with Crippen molar-refractivity contribution in [3.8, 4) is 0 Å². The molecule has 1 rings (SSSR count). The molecular weight excluding hydrogens is 286 g/mol. The highest BCUT2D eigenvalue weighted by molar-refractivity contribution is 9.10. The number of amides is 1. The smallest absolute Gasteiger partial charge is 0.325 e. The van der Waals surface area contributed by atoms with Crippen LogP contribution in [0.2, 0.25) is 0 Å². The molecule has 0 radical (unpaired) electrons. The Balaban J connectivity index is 2.48. The summed E-state index contributed by atoms with van der Waals surface area (Å²) < 4.78 is 5.40. The highest BCUT2D eigenvalue weighted by Crippen LogP contribution is 2.15. The highest BCUT2D eigenvalue weighted by atomic mass is 79.9. The van der Waals surface area contributed by atoms with Gasteiger partial charge in [-0.15, -0.1) is 0 Å². The summed E-state index contributed by atoms with van der Waals surface area (Å²) in [5.74, 6) is -0.821. The molecule has 1 aromatic carbocycles. The Morgan fingerprint density at radius 1 is 1.41 bits per heavy atom. The number of hydrogen-bond donors (Lipinski definition) is 1. The first-order chi connectivity index (χ1) is 8.15. The van der Waals surface area contributed by atoms with Crippen molar-refractivity contribution in [1.29, 1.82) is 0 Å². The lowest BCUT2D eigenvalue weighted by molar-refractivity contribution is -0.141. The van der Waals surface area contributed by atoms with Crippen molar-refractivity contribution in [1.82, 2.24) is 5.32 Å². The van der Waals surface area contributed by atoms with Crippen LogP contribution in [-0.4, -0.2) is 25.0 Å². The molecule has 0 saturated heterocycles. The fourth-order valence-corrected chi connectivity index (χ4v) is 1.56. The number of carbonyl (C=O) groups excluding carboxylic acids is 2. The zero-order chi connectivity index (χ0) is 12.7. The molecule has 0 fully saturated rings. The van der Waals surface area contributed by atoms with Gasteiger partial charge in [0.1, 0.15) is 13.2 Å². The first-order valence-corrected chi connectivity index (χ1v) is 5.73. The van der Waals surface area contributed by atoms with Crippen molar-refractivity contribution in [3.63, 3.8) is 0 Å². The zero-order valence-electron chi connectivity index (χ0n) is 9.11. The highest BCUT2D eigenvalue weighted by Gasteiger charge is 2.10. The lowest BCUT2D eigenvalue weighted by atomic mass is 10.2. The van der Waals surface area contributed by atoms with E-state index in [2.05, 4.69) is 27.8 Å². The Hall–Kier alpha value is -1.62. The fraction of sp³-hybridized carbons (Fsp3) is 0.167. The summed E-state index contributed by atoms with van der Waals surface area (Å²) in [5, 5.41) is 2.47. The van der Waals surface area contributed by atoms with Gasteiger partial charge in [-0.1, -0.05) is 24.8 Å². The van der Waals surface area contributed by atoms with Crippen molar-refractivity contribution >= 4 is 27.8 Å². The number of nitrogens with one attached hydrogen (secondary N) is 1. The first kappa shape index (κ1) is 13.4. The van der Waals surface area contributed by atoms with E-state index in [1.165, 1.54) is 6.08 Å². The third-order valence-corrected chi connectivity index (χ3v) is 2.57. The molecule has 0 saturated carbocycles. The van der Waals surface area contributed by atoms with Gasteiger partial charge in [-0.05, 0) is 28.1 Å². The number of halogens is 1. The Kier molecular flexibility index (Phi) is 5.42. The summed E-state index contributed by atoms with van der Waals surface area (Å²) in [6, 6.07) is 6.97. The van der Waals surface area contributed by atoms with E-state index in [0.717, 1.165) is 0 Å². The Morgan fingerprint density at radius 2 is 2.12 bits per heavy atom. The molecule has 90 valence electrons. The Bertz CT molecular complexity index is 432. The molecule has 0 unspecified atom stereocenters. The van der Waals surface area contributed by atoms with Crippen LogP contribution in [0.5, 0.6) is 0 Å². The minimum absolute atomic E-state index is 0.143. The number of benzene rings is 1. The van der Waals surface area contributed by atoms with Gasteiger partial charge < -0.3 is 10.1 Å². The third kappa shape index (κ3) is 4.40. The summed E-state index contributed by atoms with van der Waals surface area (Å²) in [4.78, 5) is 22.8. The van der Waals surface area contributed by atoms with E-state index < -0.39 is 5.97 Å². The van der Waals surface area contributed by atoms with Crippen LogP contribution in [0.25, 0.3) is 0 Å². The molecule has 1 amide bonds. The summed E-state index contributed by atoms with van der Waals surface area (Å²) >= 11 is 3.26. The van der Waals surface area contributed by atoms with E-state index in [9.17, 15) is 9.59 Å². The monoisotopic (exact) mass is 297 g/mol. The average molecular weight is 298 g/mol. The van der Waals surface area contributed by atoms with Gasteiger partial charge in [0.05, 0.1) is 5.56 Å². The van der Waals surface area contributed by atoms with Crippen molar-refractivity contribution in [2.45, 2.75) is 0 Å². The molecule has 0 aromatic heterocycles. The van der Waals surface area contributed by atoms with E-state index >= 15 is 0 Å². The van der Waals surface area contributed by atoms with Gasteiger partial charge in [-0.2, -0.15) is 0 Å². The van der Waals surface area contributed by atoms with E-state index in [1.54, 1.807) is 24.3 Å². The number of ether oxygens (including phenoxy) is 1. The zero-order valence-corrected chi connectivity index (χ0v) is 10.7. The molecule has 0 aliphatic heterocycles. The Labute approximate surface area is 108 Å². The minimum Gasteiger partial charge on any atom is -0.460 e. The van der Waals surface area contributed by atoms with Gasteiger partial charge in [-0.25, -0.2) is 0 Å². The SMILES string of the molecule is C=CCOC(=O)CNC(=O)c1ccccc1Br. The van der Waals surface area contributed by atoms with Gasteiger partial charge in [0.15, 0.2) is 0 Å². The van der Waals surface area contributed by atoms with Crippen LogP contribution in [0, 0.1) is 0 Å². The molecule has 0 heterocycles. The number of carbonyl (C=O) groups is 2. The second kappa shape index (κ2) is 6.85. The third-order valence-electron chi connectivity index (χ3n) is 1.87. The van der Waals surface area contributed by atoms with Crippen LogP contribution >= 0.6 is 15.9 Å². The van der Waals surface area contributed by atoms with Crippen LogP contribution in [0.4, 0.5) is 0 Å². The standard InChI is InChI=1S/C12H12BrNO3/c1-2-7-17-11(15)8-14-12(16)9-5-3-4-6-10(9)13/h2-6H,1,7-8H2,(H,14,16). The van der Waals surface area contributed by atoms with Gasteiger partial charge in [-0.3, -0.25) is 9.59 Å². The predicted octanol–water partition coefficient (Wildman–Crippen LogP) is 1.91. The molecule has 17 heavy (non-hydrogen) atoms. The molecule has 1 aromatic rings. The van der Waals surface area contributed by atoms with Crippen molar-refractivity contribution in [3.05, 3.63) is 47.0 Å². The summed E-state index contributed by atoms with van der Waals surface area (Å²) in [5.41, 5.74) is 0.476. The second-order valence-corrected chi connectivity index (χ2v) is 3.99. The van der Waals surface area contributed by atoms with Crippen LogP contribution in [0.1, 0.15) is 10.4 Å². The summed E-state index contributed by atoms with van der Waals surface area (Å²) in [7, 11) is 0. The molecular formula is C12H12BrNO3. The number of hydrogen-bond acceptors (Lipinski definition) is 3. The van der Waals surface area contributed by atoms with E-state index in [0.29, 0.717) is 10.0 Å². The molecule has 1 N–H and O–H groups in total. The molecule has 0 atom stereocenters. The number of esters is 1. The van der Waals surface area contributed by atoms with Crippen LogP contribution in [-0.2, 0) is 9.53 Å². The molecule has 4 nitrogen and oxygen atoms in total. The molecule has 0 bridgehead atoms. The van der Waals surface area contributed by atoms with E-state index in [1.807, 2.05) is 0 Å². The van der Waals surface area contributed by atoms with Gasteiger partial charge >= 0.3 is 5.97 Å². The summed E-state index contributed by atoms with van der Waals surface area (Å²) in [6.07, 6.45) is 1.47.